The number of aromatic nitrogens is 3. The van der Waals surface area contributed by atoms with E-state index in [1.165, 1.54) is 11.1 Å². The molecule has 230 valence electrons. The van der Waals surface area contributed by atoms with E-state index in [1.807, 2.05) is 54.6 Å². The van der Waals surface area contributed by atoms with Gasteiger partial charge in [-0.1, -0.05) is 158 Å². The molecule has 9 aromatic rings. The second kappa shape index (κ2) is 12.2. The molecule has 2 aromatic heterocycles. The summed E-state index contributed by atoms with van der Waals surface area (Å²) < 4.78 is 6.59. The Morgan fingerprint density at radius 3 is 1.31 bits per heavy atom. The molecule has 0 spiro atoms. The summed E-state index contributed by atoms with van der Waals surface area (Å²) in [7, 11) is 0. The third-order valence-corrected chi connectivity index (χ3v) is 8.98. The van der Waals surface area contributed by atoms with Gasteiger partial charge in [-0.2, -0.15) is 0 Å². The SMILES string of the molecule is c1ccc(-c2ccc(-c3ccc(-c4nc(-c5ccccc5)nc(-c5cccc6c5oc5cc(-c7ccccc7)ccc56)n4)cc3)cc2)cc1. The topological polar surface area (TPSA) is 51.8 Å². The maximum absolute atomic E-state index is 6.59. The van der Waals surface area contributed by atoms with E-state index in [-0.39, 0.29) is 0 Å². The third kappa shape index (κ3) is 5.45. The zero-order valence-corrected chi connectivity index (χ0v) is 26.5. The average Bonchev–Trinajstić information content (AvgIpc) is 3.57. The molecule has 0 saturated carbocycles. The molecule has 0 aliphatic rings. The normalized spacial score (nSPS) is 11.3. The van der Waals surface area contributed by atoms with Gasteiger partial charge < -0.3 is 4.42 Å². The summed E-state index contributed by atoms with van der Waals surface area (Å²) in [6, 6.07) is 60.5. The number of furan rings is 1. The van der Waals surface area contributed by atoms with E-state index in [0.29, 0.717) is 17.5 Å². The molecule has 7 aromatic carbocycles. The number of fused-ring (bicyclic) bond motifs is 3. The molecule has 0 bridgehead atoms. The van der Waals surface area contributed by atoms with Crippen molar-refractivity contribution < 1.29 is 4.42 Å². The lowest BCUT2D eigenvalue weighted by Gasteiger charge is -2.10. The largest absolute Gasteiger partial charge is 0.455 e. The predicted octanol–water partition coefficient (Wildman–Crippen LogP) is 11.8. The summed E-state index contributed by atoms with van der Waals surface area (Å²) in [5.41, 5.74) is 11.2. The molecule has 0 amide bonds. The van der Waals surface area contributed by atoms with Crippen LogP contribution in [0, 0.1) is 0 Å². The molecule has 0 unspecified atom stereocenters. The van der Waals surface area contributed by atoms with Crippen LogP contribution < -0.4 is 0 Å². The van der Waals surface area contributed by atoms with Crippen molar-refractivity contribution in [1.29, 1.82) is 0 Å². The Labute approximate surface area is 284 Å². The second-order valence-electron chi connectivity index (χ2n) is 12.1. The van der Waals surface area contributed by atoms with Crippen LogP contribution in [0.5, 0.6) is 0 Å². The number of rotatable bonds is 6. The molecule has 0 N–H and O–H groups in total. The van der Waals surface area contributed by atoms with Crippen LogP contribution in [0.2, 0.25) is 0 Å². The molecule has 2 heterocycles. The van der Waals surface area contributed by atoms with Gasteiger partial charge in [0.25, 0.3) is 0 Å². The number of nitrogens with zero attached hydrogens (tertiary/aromatic N) is 3. The second-order valence-corrected chi connectivity index (χ2v) is 12.1. The van der Waals surface area contributed by atoms with Crippen molar-refractivity contribution in [1.82, 2.24) is 15.0 Å². The lowest BCUT2D eigenvalue weighted by atomic mass is 9.99. The minimum Gasteiger partial charge on any atom is -0.455 e. The minimum atomic E-state index is 0.567. The molecular formula is C45H29N3O. The van der Waals surface area contributed by atoms with E-state index >= 15 is 0 Å². The summed E-state index contributed by atoms with van der Waals surface area (Å²) in [5.74, 6) is 1.78. The third-order valence-electron chi connectivity index (χ3n) is 8.98. The van der Waals surface area contributed by atoms with E-state index < -0.39 is 0 Å². The summed E-state index contributed by atoms with van der Waals surface area (Å²) >= 11 is 0. The molecule has 9 rings (SSSR count). The Morgan fingerprint density at radius 2 is 0.735 bits per heavy atom. The van der Waals surface area contributed by atoms with Crippen LogP contribution in [0.25, 0.3) is 89.5 Å². The van der Waals surface area contributed by atoms with Gasteiger partial charge in [0.2, 0.25) is 0 Å². The first-order valence-electron chi connectivity index (χ1n) is 16.4. The van der Waals surface area contributed by atoms with Crippen molar-refractivity contribution in [2.45, 2.75) is 0 Å². The van der Waals surface area contributed by atoms with E-state index in [2.05, 4.69) is 121 Å². The summed E-state index contributed by atoms with van der Waals surface area (Å²) in [6.07, 6.45) is 0. The first-order chi connectivity index (χ1) is 24.3. The molecule has 0 atom stereocenters. The molecule has 0 aliphatic heterocycles. The lowest BCUT2D eigenvalue weighted by molar-refractivity contribution is 0.669. The van der Waals surface area contributed by atoms with E-state index in [9.17, 15) is 0 Å². The van der Waals surface area contributed by atoms with Crippen molar-refractivity contribution in [2.24, 2.45) is 0 Å². The highest BCUT2D eigenvalue weighted by Gasteiger charge is 2.18. The van der Waals surface area contributed by atoms with Crippen LogP contribution in [-0.2, 0) is 0 Å². The molecule has 0 fully saturated rings. The Kier molecular flexibility index (Phi) is 7.10. The van der Waals surface area contributed by atoms with Gasteiger partial charge >= 0.3 is 0 Å². The van der Waals surface area contributed by atoms with Gasteiger partial charge in [-0.3, -0.25) is 0 Å². The first kappa shape index (κ1) is 28.6. The smallest absolute Gasteiger partial charge is 0.167 e. The number of para-hydroxylation sites is 1. The van der Waals surface area contributed by atoms with Gasteiger partial charge in [0, 0.05) is 21.9 Å². The molecule has 0 aliphatic carbocycles. The van der Waals surface area contributed by atoms with Crippen molar-refractivity contribution >= 4 is 21.9 Å². The van der Waals surface area contributed by atoms with Gasteiger partial charge in [-0.15, -0.1) is 0 Å². The number of hydrogen-bond donors (Lipinski definition) is 0. The lowest BCUT2D eigenvalue weighted by Crippen LogP contribution is -2.00. The molecule has 0 radical (unpaired) electrons. The number of benzene rings is 7. The van der Waals surface area contributed by atoms with Crippen molar-refractivity contribution in [3.8, 4) is 67.5 Å². The predicted molar refractivity (Wildman–Crippen MR) is 200 cm³/mol. The van der Waals surface area contributed by atoms with E-state index in [0.717, 1.165) is 60.9 Å². The minimum absolute atomic E-state index is 0.567. The highest BCUT2D eigenvalue weighted by molar-refractivity contribution is 6.10. The Morgan fingerprint density at radius 1 is 0.306 bits per heavy atom. The zero-order chi connectivity index (χ0) is 32.6. The van der Waals surface area contributed by atoms with Gasteiger partial charge in [-0.05, 0) is 51.6 Å². The maximum atomic E-state index is 6.59. The monoisotopic (exact) mass is 627 g/mol. The van der Waals surface area contributed by atoms with Gasteiger partial charge in [0.05, 0.1) is 5.56 Å². The van der Waals surface area contributed by atoms with Crippen LogP contribution in [0.3, 0.4) is 0 Å². The molecule has 4 heteroatoms. The fraction of sp³-hybridized carbons (Fsp3) is 0. The van der Waals surface area contributed by atoms with Crippen LogP contribution in [0.15, 0.2) is 180 Å². The van der Waals surface area contributed by atoms with Crippen molar-refractivity contribution in [3.05, 3.63) is 176 Å². The van der Waals surface area contributed by atoms with Crippen LogP contribution in [0.1, 0.15) is 0 Å². The maximum Gasteiger partial charge on any atom is 0.167 e. The average molecular weight is 628 g/mol. The quantitative estimate of drug-likeness (QED) is 0.184. The molecule has 0 saturated heterocycles. The van der Waals surface area contributed by atoms with E-state index in [4.69, 9.17) is 19.4 Å². The fourth-order valence-corrected chi connectivity index (χ4v) is 6.42. The van der Waals surface area contributed by atoms with Crippen LogP contribution in [0.4, 0.5) is 0 Å². The van der Waals surface area contributed by atoms with Crippen molar-refractivity contribution in [2.75, 3.05) is 0 Å². The summed E-state index contributed by atoms with van der Waals surface area (Å²) in [6.45, 7) is 0. The van der Waals surface area contributed by atoms with Gasteiger partial charge in [0.1, 0.15) is 11.2 Å². The Balaban J connectivity index is 1.12. The highest BCUT2D eigenvalue weighted by atomic mass is 16.3. The number of hydrogen-bond acceptors (Lipinski definition) is 4. The Hall–Kier alpha value is -6.65. The first-order valence-corrected chi connectivity index (χ1v) is 16.4. The van der Waals surface area contributed by atoms with Crippen molar-refractivity contribution in [3.63, 3.8) is 0 Å². The fourth-order valence-electron chi connectivity index (χ4n) is 6.42. The zero-order valence-electron chi connectivity index (χ0n) is 26.5. The highest BCUT2D eigenvalue weighted by Crippen LogP contribution is 2.37. The van der Waals surface area contributed by atoms with E-state index in [1.54, 1.807) is 0 Å². The van der Waals surface area contributed by atoms with Crippen LogP contribution >= 0.6 is 0 Å². The Bertz CT molecular complexity index is 2560. The van der Waals surface area contributed by atoms with Gasteiger partial charge in [0.15, 0.2) is 17.5 Å². The van der Waals surface area contributed by atoms with Crippen LogP contribution in [-0.4, -0.2) is 15.0 Å². The molecule has 49 heavy (non-hydrogen) atoms. The summed E-state index contributed by atoms with van der Waals surface area (Å²) in [4.78, 5) is 15.0. The summed E-state index contributed by atoms with van der Waals surface area (Å²) in [5, 5.41) is 2.08. The molecule has 4 nitrogen and oxygen atoms in total. The standard InChI is InChI=1S/C45H29N3O/c1-4-11-30(12-5-1)32-19-21-33(22-20-32)34-23-25-36(26-24-34)44-46-43(35-15-8-3-9-16-35)47-45(48-44)40-18-10-17-39-38-28-27-37(29-41(38)49-42(39)40)31-13-6-2-7-14-31/h1-29H. The molecular weight excluding hydrogens is 599 g/mol. The van der Waals surface area contributed by atoms with Gasteiger partial charge in [-0.25, -0.2) is 15.0 Å².